The number of nitrogens with one attached hydrogen (secondary N) is 2. The van der Waals surface area contributed by atoms with Crippen LogP contribution >= 0.6 is 11.3 Å². The van der Waals surface area contributed by atoms with Crippen molar-refractivity contribution < 1.29 is 4.79 Å². The highest BCUT2D eigenvalue weighted by Crippen LogP contribution is 2.07. The van der Waals surface area contributed by atoms with Crippen LogP contribution < -0.4 is 16.6 Å². The van der Waals surface area contributed by atoms with Gasteiger partial charge < -0.3 is 9.88 Å². The van der Waals surface area contributed by atoms with Crippen LogP contribution in [0.15, 0.2) is 27.4 Å². The molecule has 0 aromatic carbocycles. The number of aryl methyl sites for hydroxylation is 1. The predicted molar refractivity (Wildman–Crippen MR) is 64.5 cm³/mol. The zero-order valence-electron chi connectivity index (χ0n) is 9.12. The Labute approximate surface area is 104 Å². The van der Waals surface area contributed by atoms with Gasteiger partial charge in [0.25, 0.3) is 5.56 Å². The summed E-state index contributed by atoms with van der Waals surface area (Å²) in [6.07, 6.45) is 1.45. The number of carbonyl (C=O) groups excluding carboxylic acids is 1. The van der Waals surface area contributed by atoms with Gasteiger partial charge in [-0.1, -0.05) is 11.3 Å². The minimum absolute atomic E-state index is 0.103. The van der Waals surface area contributed by atoms with E-state index in [1.807, 2.05) is 0 Å². The van der Waals surface area contributed by atoms with Crippen molar-refractivity contribution in [1.29, 1.82) is 0 Å². The first-order chi connectivity index (χ1) is 8.65. The number of anilines is 1. The Morgan fingerprint density at radius 2 is 2.33 bits per heavy atom. The van der Waals surface area contributed by atoms with Crippen molar-refractivity contribution in [2.75, 3.05) is 5.32 Å². The molecule has 0 unspecified atom stereocenters. The molecule has 94 valence electrons. The van der Waals surface area contributed by atoms with Crippen LogP contribution in [0.25, 0.3) is 0 Å². The fourth-order valence-electron chi connectivity index (χ4n) is 1.25. The average Bonchev–Trinajstić information content (AvgIpc) is 2.80. The SMILES string of the molecule is O=C(CCn1ccc(=O)[nH]c1=O)Nc1nncs1. The van der Waals surface area contributed by atoms with E-state index in [1.54, 1.807) is 0 Å². The summed E-state index contributed by atoms with van der Waals surface area (Å²) < 4.78 is 1.25. The van der Waals surface area contributed by atoms with Crippen molar-refractivity contribution in [3.63, 3.8) is 0 Å². The third-order valence-corrected chi connectivity index (χ3v) is 2.69. The van der Waals surface area contributed by atoms with Crippen molar-refractivity contribution in [3.8, 4) is 0 Å². The number of nitrogens with zero attached hydrogens (tertiary/aromatic N) is 3. The maximum absolute atomic E-state index is 11.5. The molecule has 1 amide bonds. The molecule has 0 aliphatic heterocycles. The highest BCUT2D eigenvalue weighted by Gasteiger charge is 2.05. The van der Waals surface area contributed by atoms with E-state index >= 15 is 0 Å². The highest BCUT2D eigenvalue weighted by atomic mass is 32.1. The van der Waals surface area contributed by atoms with Gasteiger partial charge in [-0.2, -0.15) is 0 Å². The largest absolute Gasteiger partial charge is 0.328 e. The molecule has 0 saturated heterocycles. The smallest absolute Gasteiger partial charge is 0.300 e. The van der Waals surface area contributed by atoms with Crippen LogP contribution in [-0.4, -0.2) is 25.7 Å². The summed E-state index contributed by atoms with van der Waals surface area (Å²) >= 11 is 1.21. The van der Waals surface area contributed by atoms with Gasteiger partial charge in [-0.3, -0.25) is 14.6 Å². The van der Waals surface area contributed by atoms with Gasteiger partial charge >= 0.3 is 5.69 Å². The number of aromatic nitrogens is 4. The van der Waals surface area contributed by atoms with E-state index in [1.165, 1.54) is 33.7 Å². The Kier molecular flexibility index (Phi) is 3.63. The van der Waals surface area contributed by atoms with Gasteiger partial charge in [0.05, 0.1) is 0 Å². The minimum atomic E-state index is -0.536. The third-order valence-electron chi connectivity index (χ3n) is 2.08. The third kappa shape index (κ3) is 3.10. The van der Waals surface area contributed by atoms with E-state index in [0.717, 1.165) is 0 Å². The quantitative estimate of drug-likeness (QED) is 0.770. The summed E-state index contributed by atoms with van der Waals surface area (Å²) in [7, 11) is 0. The van der Waals surface area contributed by atoms with Gasteiger partial charge in [-0.05, 0) is 0 Å². The van der Waals surface area contributed by atoms with Crippen molar-refractivity contribution in [3.05, 3.63) is 38.6 Å². The van der Waals surface area contributed by atoms with Gasteiger partial charge in [0, 0.05) is 25.2 Å². The maximum atomic E-state index is 11.5. The molecule has 0 fully saturated rings. The molecular weight excluding hydrogens is 258 g/mol. The number of aromatic amines is 1. The highest BCUT2D eigenvalue weighted by molar-refractivity contribution is 7.13. The molecule has 8 nitrogen and oxygen atoms in total. The van der Waals surface area contributed by atoms with Crippen LogP contribution in [0.5, 0.6) is 0 Å². The Morgan fingerprint density at radius 3 is 3.00 bits per heavy atom. The van der Waals surface area contributed by atoms with E-state index in [0.29, 0.717) is 5.13 Å². The fraction of sp³-hybridized carbons (Fsp3) is 0.222. The predicted octanol–water partition coefficient (Wildman–Crippen LogP) is -0.583. The zero-order chi connectivity index (χ0) is 13.0. The number of hydrogen-bond acceptors (Lipinski definition) is 6. The summed E-state index contributed by atoms with van der Waals surface area (Å²) in [6.45, 7) is 0.181. The summed E-state index contributed by atoms with van der Waals surface area (Å²) in [5, 5.41) is 10.2. The second kappa shape index (κ2) is 5.36. The van der Waals surface area contributed by atoms with Crippen molar-refractivity contribution >= 4 is 22.4 Å². The molecule has 0 radical (unpaired) electrons. The minimum Gasteiger partial charge on any atom is -0.300 e. The second-order valence-electron chi connectivity index (χ2n) is 3.35. The maximum Gasteiger partial charge on any atom is 0.328 e. The molecule has 0 saturated carbocycles. The molecule has 0 atom stereocenters. The summed E-state index contributed by atoms with van der Waals surface area (Å²) in [5.74, 6) is -0.273. The van der Waals surface area contributed by atoms with Gasteiger partial charge in [-0.25, -0.2) is 4.79 Å². The van der Waals surface area contributed by atoms with E-state index in [9.17, 15) is 14.4 Å². The Morgan fingerprint density at radius 1 is 1.50 bits per heavy atom. The van der Waals surface area contributed by atoms with Gasteiger partial charge in [0.1, 0.15) is 5.51 Å². The number of carbonyl (C=O) groups is 1. The number of rotatable bonds is 4. The second-order valence-corrected chi connectivity index (χ2v) is 4.18. The monoisotopic (exact) mass is 267 g/mol. The standard InChI is InChI=1S/C9H9N5O3S/c15-6(11-8-13-10-5-18-8)1-3-14-4-2-7(16)12-9(14)17/h2,4-5H,1,3H2,(H,11,13,15)(H,12,16,17). The molecule has 2 aromatic rings. The molecule has 2 rings (SSSR count). The normalized spacial score (nSPS) is 10.2. The Balaban J connectivity index is 1.93. The molecule has 2 aromatic heterocycles. The number of H-pyrrole nitrogens is 1. The molecular formula is C9H9N5O3S. The molecule has 9 heteroatoms. The Hall–Kier alpha value is -2.29. The van der Waals surface area contributed by atoms with Crippen LogP contribution in [-0.2, 0) is 11.3 Å². The molecule has 0 spiro atoms. The lowest BCUT2D eigenvalue weighted by atomic mass is 10.4. The molecule has 2 N–H and O–H groups in total. The van der Waals surface area contributed by atoms with Crippen molar-refractivity contribution in [2.24, 2.45) is 0 Å². The molecule has 0 aliphatic rings. The van der Waals surface area contributed by atoms with Crippen LogP contribution in [0, 0.1) is 0 Å². The van der Waals surface area contributed by atoms with Crippen LogP contribution in [0.2, 0.25) is 0 Å². The number of amides is 1. The van der Waals surface area contributed by atoms with Crippen molar-refractivity contribution in [1.82, 2.24) is 19.7 Å². The first kappa shape index (κ1) is 12.2. The first-order valence-corrected chi connectivity index (χ1v) is 5.89. The Bertz CT molecular complexity index is 645. The van der Waals surface area contributed by atoms with Crippen LogP contribution in [0.4, 0.5) is 5.13 Å². The zero-order valence-corrected chi connectivity index (χ0v) is 9.94. The molecule has 0 bridgehead atoms. The van der Waals surface area contributed by atoms with Gasteiger partial charge in [0.2, 0.25) is 11.0 Å². The summed E-state index contributed by atoms with van der Waals surface area (Å²) in [5.41, 5.74) is 0.503. The first-order valence-electron chi connectivity index (χ1n) is 5.01. The lowest BCUT2D eigenvalue weighted by Gasteiger charge is -2.03. The van der Waals surface area contributed by atoms with Gasteiger partial charge in [-0.15, -0.1) is 10.2 Å². The van der Waals surface area contributed by atoms with E-state index < -0.39 is 11.2 Å². The van der Waals surface area contributed by atoms with E-state index in [4.69, 9.17) is 0 Å². The summed E-state index contributed by atoms with van der Waals surface area (Å²) in [4.78, 5) is 35.8. The average molecular weight is 267 g/mol. The lowest BCUT2D eigenvalue weighted by molar-refractivity contribution is -0.116. The van der Waals surface area contributed by atoms with Crippen LogP contribution in [0.3, 0.4) is 0 Å². The lowest BCUT2D eigenvalue weighted by Crippen LogP contribution is -2.29. The number of hydrogen-bond donors (Lipinski definition) is 2. The van der Waals surface area contributed by atoms with Gasteiger partial charge in [0.15, 0.2) is 0 Å². The van der Waals surface area contributed by atoms with E-state index in [-0.39, 0.29) is 18.9 Å². The topological polar surface area (TPSA) is 110 Å². The van der Waals surface area contributed by atoms with Crippen molar-refractivity contribution in [2.45, 2.75) is 13.0 Å². The molecule has 18 heavy (non-hydrogen) atoms. The van der Waals surface area contributed by atoms with E-state index in [2.05, 4.69) is 20.5 Å². The molecule has 2 heterocycles. The summed E-state index contributed by atoms with van der Waals surface area (Å²) in [6, 6.07) is 1.23. The fourth-order valence-corrected chi connectivity index (χ4v) is 1.71. The van der Waals surface area contributed by atoms with Crippen LogP contribution in [0.1, 0.15) is 6.42 Å². The molecule has 0 aliphatic carbocycles.